The number of ether oxygens (including phenoxy) is 2. The highest BCUT2D eigenvalue weighted by atomic mass is 16.5. The van der Waals surface area contributed by atoms with Gasteiger partial charge >= 0.3 is 0 Å². The van der Waals surface area contributed by atoms with E-state index in [0.29, 0.717) is 17.6 Å². The molecule has 2 atom stereocenters. The summed E-state index contributed by atoms with van der Waals surface area (Å²) in [5.74, 6) is 1.73. The molecule has 2 aliphatic rings. The van der Waals surface area contributed by atoms with Crippen molar-refractivity contribution < 1.29 is 9.47 Å². The Labute approximate surface area is 121 Å². The highest BCUT2D eigenvalue weighted by molar-refractivity contribution is 5.40. The molecule has 0 aliphatic heterocycles. The lowest BCUT2D eigenvalue weighted by Gasteiger charge is -2.54. The zero-order chi connectivity index (χ0) is 14.0. The van der Waals surface area contributed by atoms with Crippen molar-refractivity contribution in [2.75, 3.05) is 13.7 Å². The topological polar surface area (TPSA) is 30.5 Å². The van der Waals surface area contributed by atoms with Crippen molar-refractivity contribution in [1.82, 2.24) is 5.32 Å². The van der Waals surface area contributed by atoms with Gasteiger partial charge in [-0.15, -0.1) is 0 Å². The number of hydrogen-bond acceptors (Lipinski definition) is 3. The first-order chi connectivity index (χ1) is 9.80. The molecule has 110 valence electrons. The van der Waals surface area contributed by atoms with E-state index in [2.05, 4.69) is 12.2 Å². The molecule has 0 bridgehead atoms. The molecule has 1 spiro atoms. The second-order valence-electron chi connectivity index (χ2n) is 6.04. The standard InChI is InChI=1S/C17H25NO2/c1-3-18-15-12-16(17(15)10-6-7-11-17)20-14-9-5-4-8-13(14)19-2/h4-5,8-9,15-16,18H,3,6-7,10-12H2,1-2H3. The van der Waals surface area contributed by atoms with E-state index < -0.39 is 0 Å². The Morgan fingerprint density at radius 3 is 2.55 bits per heavy atom. The summed E-state index contributed by atoms with van der Waals surface area (Å²) in [6.07, 6.45) is 6.73. The van der Waals surface area contributed by atoms with Crippen LogP contribution in [0, 0.1) is 5.41 Å². The fourth-order valence-electron chi connectivity index (χ4n) is 4.02. The summed E-state index contributed by atoms with van der Waals surface area (Å²) in [7, 11) is 1.70. The van der Waals surface area contributed by atoms with E-state index in [1.54, 1.807) is 7.11 Å². The van der Waals surface area contributed by atoms with Gasteiger partial charge in [0.2, 0.25) is 0 Å². The van der Waals surface area contributed by atoms with Crippen LogP contribution < -0.4 is 14.8 Å². The predicted molar refractivity (Wildman–Crippen MR) is 80.4 cm³/mol. The lowest BCUT2D eigenvalue weighted by molar-refractivity contribution is -0.0763. The number of methoxy groups -OCH3 is 1. The van der Waals surface area contributed by atoms with Crippen LogP contribution in [0.1, 0.15) is 39.0 Å². The van der Waals surface area contributed by atoms with Crippen LogP contribution in [-0.4, -0.2) is 25.8 Å². The molecule has 0 heterocycles. The zero-order valence-corrected chi connectivity index (χ0v) is 12.5. The highest BCUT2D eigenvalue weighted by Gasteiger charge is 2.57. The van der Waals surface area contributed by atoms with E-state index in [-0.39, 0.29) is 0 Å². The maximum atomic E-state index is 6.32. The van der Waals surface area contributed by atoms with Gasteiger partial charge in [-0.05, 0) is 31.5 Å². The van der Waals surface area contributed by atoms with Crippen molar-refractivity contribution in [3.63, 3.8) is 0 Å². The first-order valence-corrected chi connectivity index (χ1v) is 7.83. The van der Waals surface area contributed by atoms with Crippen LogP contribution in [0.3, 0.4) is 0 Å². The predicted octanol–water partition coefficient (Wildman–Crippen LogP) is 3.38. The Kier molecular flexibility index (Phi) is 3.88. The van der Waals surface area contributed by atoms with Crippen LogP contribution in [0.4, 0.5) is 0 Å². The average Bonchev–Trinajstić information content (AvgIpc) is 2.99. The lowest BCUT2D eigenvalue weighted by atomic mass is 9.60. The van der Waals surface area contributed by atoms with Crippen LogP contribution in [0.15, 0.2) is 24.3 Å². The van der Waals surface area contributed by atoms with Gasteiger partial charge in [0.1, 0.15) is 6.10 Å². The number of rotatable bonds is 5. The number of benzene rings is 1. The van der Waals surface area contributed by atoms with E-state index >= 15 is 0 Å². The van der Waals surface area contributed by atoms with Crippen molar-refractivity contribution in [2.24, 2.45) is 5.41 Å². The van der Waals surface area contributed by atoms with Gasteiger partial charge in [-0.2, -0.15) is 0 Å². The van der Waals surface area contributed by atoms with E-state index in [9.17, 15) is 0 Å². The van der Waals surface area contributed by atoms with Gasteiger partial charge in [-0.1, -0.05) is 31.9 Å². The van der Waals surface area contributed by atoms with Crippen LogP contribution in [0.2, 0.25) is 0 Å². The van der Waals surface area contributed by atoms with Gasteiger partial charge in [-0.3, -0.25) is 0 Å². The highest BCUT2D eigenvalue weighted by Crippen LogP contribution is 2.55. The van der Waals surface area contributed by atoms with Gasteiger partial charge in [0.25, 0.3) is 0 Å². The molecule has 1 aromatic carbocycles. The van der Waals surface area contributed by atoms with Gasteiger partial charge in [0.05, 0.1) is 7.11 Å². The SMILES string of the molecule is CCNC1CC(Oc2ccccc2OC)C12CCCC2. The molecule has 0 amide bonds. The van der Waals surface area contributed by atoms with Gasteiger partial charge in [0, 0.05) is 17.9 Å². The van der Waals surface area contributed by atoms with E-state index in [1.165, 1.54) is 25.7 Å². The zero-order valence-electron chi connectivity index (χ0n) is 12.5. The normalized spacial score (nSPS) is 27.3. The molecule has 3 heteroatoms. The average molecular weight is 275 g/mol. The van der Waals surface area contributed by atoms with E-state index in [4.69, 9.17) is 9.47 Å². The second-order valence-corrected chi connectivity index (χ2v) is 6.04. The molecule has 3 nitrogen and oxygen atoms in total. The summed E-state index contributed by atoms with van der Waals surface area (Å²) in [4.78, 5) is 0. The molecular formula is C17H25NO2. The second kappa shape index (κ2) is 5.65. The van der Waals surface area contributed by atoms with Gasteiger partial charge in [0.15, 0.2) is 11.5 Å². The fraction of sp³-hybridized carbons (Fsp3) is 0.647. The Morgan fingerprint density at radius 1 is 1.20 bits per heavy atom. The monoisotopic (exact) mass is 275 g/mol. The number of nitrogens with one attached hydrogen (secondary N) is 1. The first kappa shape index (κ1) is 13.7. The number of para-hydroxylation sites is 2. The molecule has 20 heavy (non-hydrogen) atoms. The molecule has 2 unspecified atom stereocenters. The third-order valence-corrected chi connectivity index (χ3v) is 5.11. The molecule has 2 saturated carbocycles. The van der Waals surface area contributed by atoms with Crippen LogP contribution in [-0.2, 0) is 0 Å². The summed E-state index contributed by atoms with van der Waals surface area (Å²) < 4.78 is 11.7. The van der Waals surface area contributed by atoms with Gasteiger partial charge in [-0.25, -0.2) is 0 Å². The maximum absolute atomic E-state index is 6.32. The molecule has 0 aromatic heterocycles. The molecule has 1 N–H and O–H groups in total. The van der Waals surface area contributed by atoms with Crippen molar-refractivity contribution in [3.8, 4) is 11.5 Å². The first-order valence-electron chi connectivity index (χ1n) is 7.83. The van der Waals surface area contributed by atoms with Crippen molar-refractivity contribution in [2.45, 2.75) is 51.2 Å². The van der Waals surface area contributed by atoms with Crippen LogP contribution >= 0.6 is 0 Å². The third-order valence-electron chi connectivity index (χ3n) is 5.11. The molecular weight excluding hydrogens is 250 g/mol. The largest absolute Gasteiger partial charge is 0.493 e. The Morgan fingerprint density at radius 2 is 1.90 bits per heavy atom. The van der Waals surface area contributed by atoms with Crippen molar-refractivity contribution in [3.05, 3.63) is 24.3 Å². The quantitative estimate of drug-likeness (QED) is 0.893. The molecule has 3 rings (SSSR count). The lowest BCUT2D eigenvalue weighted by Crippen LogP contribution is -2.63. The Balaban J connectivity index is 1.74. The fourth-order valence-corrected chi connectivity index (χ4v) is 4.02. The third kappa shape index (κ3) is 2.18. The van der Waals surface area contributed by atoms with Crippen LogP contribution in [0.25, 0.3) is 0 Å². The van der Waals surface area contributed by atoms with E-state index in [0.717, 1.165) is 24.5 Å². The summed E-state index contributed by atoms with van der Waals surface area (Å²) in [6, 6.07) is 8.62. The van der Waals surface area contributed by atoms with Crippen LogP contribution in [0.5, 0.6) is 11.5 Å². The minimum Gasteiger partial charge on any atom is -0.493 e. The Bertz CT molecular complexity index is 454. The summed E-state index contributed by atoms with van der Waals surface area (Å²) in [5.41, 5.74) is 0.358. The maximum Gasteiger partial charge on any atom is 0.161 e. The molecule has 0 saturated heterocycles. The van der Waals surface area contributed by atoms with Crippen molar-refractivity contribution in [1.29, 1.82) is 0 Å². The minimum atomic E-state index is 0.338. The van der Waals surface area contributed by atoms with Gasteiger partial charge < -0.3 is 14.8 Å². The summed E-state index contributed by atoms with van der Waals surface area (Å²) in [6.45, 7) is 3.24. The molecule has 2 fully saturated rings. The molecule has 0 radical (unpaired) electrons. The number of hydrogen-bond donors (Lipinski definition) is 1. The minimum absolute atomic E-state index is 0.338. The molecule has 2 aliphatic carbocycles. The summed E-state index contributed by atoms with van der Waals surface area (Å²) in [5, 5.41) is 3.65. The molecule has 1 aromatic rings. The smallest absolute Gasteiger partial charge is 0.161 e. The summed E-state index contributed by atoms with van der Waals surface area (Å²) >= 11 is 0. The van der Waals surface area contributed by atoms with E-state index in [1.807, 2.05) is 24.3 Å². The Hall–Kier alpha value is -1.22. The van der Waals surface area contributed by atoms with Crippen molar-refractivity contribution >= 4 is 0 Å².